The Hall–Kier alpha value is -0.0800. The third kappa shape index (κ3) is 3.96. The van der Waals surface area contributed by atoms with Crippen LogP contribution in [0.15, 0.2) is 0 Å². The fourth-order valence-electron chi connectivity index (χ4n) is 3.60. The Labute approximate surface area is 107 Å². The number of hydrogen-bond acceptors (Lipinski definition) is 2. The van der Waals surface area contributed by atoms with Crippen molar-refractivity contribution in [3.63, 3.8) is 0 Å². The van der Waals surface area contributed by atoms with Gasteiger partial charge in [0.2, 0.25) is 0 Å². The third-order valence-corrected chi connectivity index (χ3v) is 4.72. The van der Waals surface area contributed by atoms with Crippen molar-refractivity contribution in [3.05, 3.63) is 0 Å². The highest BCUT2D eigenvalue weighted by molar-refractivity contribution is 4.84. The van der Waals surface area contributed by atoms with E-state index < -0.39 is 0 Å². The number of hydrogen-bond donors (Lipinski definition) is 1. The highest BCUT2D eigenvalue weighted by Gasteiger charge is 2.30. The molecule has 2 fully saturated rings. The van der Waals surface area contributed by atoms with E-state index in [0.29, 0.717) is 5.41 Å². The molecule has 0 aromatic heterocycles. The maximum absolute atomic E-state index is 3.67. The highest BCUT2D eigenvalue weighted by atomic mass is 15.2. The molecular weight excluding hydrogens is 208 g/mol. The van der Waals surface area contributed by atoms with E-state index in [4.69, 9.17) is 0 Å². The summed E-state index contributed by atoms with van der Waals surface area (Å²) in [6.07, 6.45) is 9.88. The van der Waals surface area contributed by atoms with E-state index >= 15 is 0 Å². The van der Waals surface area contributed by atoms with Gasteiger partial charge in [0.25, 0.3) is 0 Å². The maximum Gasteiger partial charge on any atom is 0.0192 e. The lowest BCUT2D eigenvalue weighted by Gasteiger charge is -2.38. The number of nitrogens with zero attached hydrogens (tertiary/aromatic N) is 1. The monoisotopic (exact) mass is 238 g/mol. The van der Waals surface area contributed by atoms with Crippen molar-refractivity contribution in [3.8, 4) is 0 Å². The van der Waals surface area contributed by atoms with Gasteiger partial charge in [-0.05, 0) is 44.2 Å². The van der Waals surface area contributed by atoms with Crippen LogP contribution in [0.1, 0.15) is 58.8 Å². The normalized spacial score (nSPS) is 31.1. The van der Waals surface area contributed by atoms with Crippen LogP contribution in [0, 0.1) is 5.41 Å². The molecule has 1 atom stereocenters. The van der Waals surface area contributed by atoms with Gasteiger partial charge in [0.05, 0.1) is 0 Å². The predicted molar refractivity (Wildman–Crippen MR) is 74.3 cm³/mol. The molecule has 0 aromatic carbocycles. The van der Waals surface area contributed by atoms with Crippen molar-refractivity contribution < 1.29 is 0 Å². The summed E-state index contributed by atoms with van der Waals surface area (Å²) >= 11 is 0. The molecule has 1 unspecified atom stereocenters. The molecular formula is C15H30N2. The zero-order chi connectivity index (χ0) is 12.1. The first-order chi connectivity index (χ1) is 8.22. The lowest BCUT2D eigenvalue weighted by atomic mass is 9.75. The molecule has 0 spiro atoms. The molecule has 2 nitrogen and oxygen atoms in total. The Balaban J connectivity index is 1.87. The molecule has 0 amide bonds. The molecule has 17 heavy (non-hydrogen) atoms. The standard InChI is InChI=1S/C15H30N2/c1-3-14-12-17(11-7-10-16-14)13-15(2)8-5-4-6-9-15/h14,16H,3-13H2,1-2H3. The second kappa shape index (κ2) is 6.19. The van der Waals surface area contributed by atoms with Crippen LogP contribution in [-0.4, -0.2) is 37.1 Å². The molecule has 2 aliphatic rings. The van der Waals surface area contributed by atoms with Crippen molar-refractivity contribution in [1.82, 2.24) is 10.2 Å². The quantitative estimate of drug-likeness (QED) is 0.813. The second-order valence-electron chi connectivity index (χ2n) is 6.52. The molecule has 1 N–H and O–H groups in total. The third-order valence-electron chi connectivity index (χ3n) is 4.72. The van der Waals surface area contributed by atoms with Crippen LogP contribution in [-0.2, 0) is 0 Å². The molecule has 0 radical (unpaired) electrons. The van der Waals surface area contributed by atoms with Crippen LogP contribution >= 0.6 is 0 Å². The summed E-state index contributed by atoms with van der Waals surface area (Å²) in [6.45, 7) is 9.96. The largest absolute Gasteiger partial charge is 0.313 e. The van der Waals surface area contributed by atoms with Gasteiger partial charge in [-0.1, -0.05) is 33.1 Å². The molecule has 0 bridgehead atoms. The summed E-state index contributed by atoms with van der Waals surface area (Å²) in [5, 5.41) is 3.67. The smallest absolute Gasteiger partial charge is 0.0192 e. The van der Waals surface area contributed by atoms with E-state index in [1.807, 2.05) is 0 Å². The van der Waals surface area contributed by atoms with E-state index in [1.54, 1.807) is 0 Å². The van der Waals surface area contributed by atoms with Gasteiger partial charge in [-0.3, -0.25) is 0 Å². The van der Waals surface area contributed by atoms with Gasteiger partial charge in [-0.25, -0.2) is 0 Å². The van der Waals surface area contributed by atoms with Crippen LogP contribution in [0.5, 0.6) is 0 Å². The first kappa shape index (κ1) is 13.4. The fraction of sp³-hybridized carbons (Fsp3) is 1.00. The zero-order valence-electron chi connectivity index (χ0n) is 11.8. The Kier molecular flexibility index (Phi) is 4.87. The van der Waals surface area contributed by atoms with Crippen molar-refractivity contribution in [2.75, 3.05) is 26.2 Å². The molecule has 2 heteroatoms. The first-order valence-electron chi connectivity index (χ1n) is 7.68. The second-order valence-corrected chi connectivity index (χ2v) is 6.52. The number of rotatable bonds is 3. The first-order valence-corrected chi connectivity index (χ1v) is 7.68. The molecule has 0 aromatic rings. The van der Waals surface area contributed by atoms with Crippen LogP contribution in [0.3, 0.4) is 0 Å². The van der Waals surface area contributed by atoms with E-state index in [9.17, 15) is 0 Å². The van der Waals surface area contributed by atoms with Crippen LogP contribution in [0.4, 0.5) is 0 Å². The Bertz CT molecular complexity index is 221. The molecule has 1 aliphatic carbocycles. The van der Waals surface area contributed by atoms with Gasteiger partial charge in [0, 0.05) is 19.1 Å². The fourth-order valence-corrected chi connectivity index (χ4v) is 3.60. The Morgan fingerprint density at radius 1 is 1.18 bits per heavy atom. The molecule has 100 valence electrons. The summed E-state index contributed by atoms with van der Waals surface area (Å²) in [5.41, 5.74) is 0.612. The Morgan fingerprint density at radius 3 is 2.65 bits per heavy atom. The van der Waals surface area contributed by atoms with Gasteiger partial charge in [0.1, 0.15) is 0 Å². The summed E-state index contributed by atoms with van der Waals surface area (Å²) < 4.78 is 0. The van der Waals surface area contributed by atoms with Crippen molar-refractivity contribution in [2.24, 2.45) is 5.41 Å². The van der Waals surface area contributed by atoms with Crippen molar-refractivity contribution >= 4 is 0 Å². The van der Waals surface area contributed by atoms with Crippen molar-refractivity contribution in [2.45, 2.75) is 64.8 Å². The highest BCUT2D eigenvalue weighted by Crippen LogP contribution is 2.36. The summed E-state index contributed by atoms with van der Waals surface area (Å²) in [6, 6.07) is 0.727. The topological polar surface area (TPSA) is 15.3 Å². The van der Waals surface area contributed by atoms with Gasteiger partial charge in [0.15, 0.2) is 0 Å². The van der Waals surface area contributed by atoms with E-state index in [-0.39, 0.29) is 0 Å². The zero-order valence-corrected chi connectivity index (χ0v) is 11.8. The average molecular weight is 238 g/mol. The average Bonchev–Trinajstić information content (AvgIpc) is 2.54. The Morgan fingerprint density at radius 2 is 1.94 bits per heavy atom. The van der Waals surface area contributed by atoms with Crippen LogP contribution < -0.4 is 5.32 Å². The lowest BCUT2D eigenvalue weighted by molar-refractivity contribution is 0.119. The minimum atomic E-state index is 0.612. The molecule has 1 saturated carbocycles. The van der Waals surface area contributed by atoms with E-state index in [1.165, 1.54) is 71.1 Å². The van der Waals surface area contributed by atoms with Gasteiger partial charge >= 0.3 is 0 Å². The summed E-state index contributed by atoms with van der Waals surface area (Å²) in [4.78, 5) is 2.74. The van der Waals surface area contributed by atoms with Crippen LogP contribution in [0.25, 0.3) is 0 Å². The van der Waals surface area contributed by atoms with Gasteiger partial charge < -0.3 is 10.2 Å². The number of nitrogens with one attached hydrogen (secondary N) is 1. The maximum atomic E-state index is 3.67. The molecule has 1 saturated heterocycles. The van der Waals surface area contributed by atoms with Gasteiger partial charge in [-0.15, -0.1) is 0 Å². The summed E-state index contributed by atoms with van der Waals surface area (Å²) in [7, 11) is 0. The van der Waals surface area contributed by atoms with E-state index in [0.717, 1.165) is 6.04 Å². The molecule has 1 heterocycles. The van der Waals surface area contributed by atoms with Crippen molar-refractivity contribution in [1.29, 1.82) is 0 Å². The molecule has 2 rings (SSSR count). The predicted octanol–water partition coefficient (Wildman–Crippen LogP) is 3.03. The van der Waals surface area contributed by atoms with Crippen LogP contribution in [0.2, 0.25) is 0 Å². The lowest BCUT2D eigenvalue weighted by Crippen LogP contribution is -2.42. The van der Waals surface area contributed by atoms with Gasteiger partial charge in [-0.2, -0.15) is 0 Å². The minimum absolute atomic E-state index is 0.612. The summed E-state index contributed by atoms with van der Waals surface area (Å²) in [5.74, 6) is 0. The molecule has 1 aliphatic heterocycles. The van der Waals surface area contributed by atoms with E-state index in [2.05, 4.69) is 24.1 Å². The minimum Gasteiger partial charge on any atom is -0.313 e. The SMILES string of the molecule is CCC1CN(CC2(C)CCCCC2)CCCN1.